The van der Waals surface area contributed by atoms with Crippen LogP contribution in [0.25, 0.3) is 11.0 Å². The SMILES string of the molecule is CN(C)CC(C)(O)CNc1ccc([N+](=O)[O-])c2nonc12. The molecule has 1 unspecified atom stereocenters. The van der Waals surface area contributed by atoms with Crippen LogP contribution < -0.4 is 5.32 Å². The maximum absolute atomic E-state index is 10.9. The van der Waals surface area contributed by atoms with Crippen molar-refractivity contribution in [1.82, 2.24) is 15.2 Å². The van der Waals surface area contributed by atoms with Gasteiger partial charge in [0, 0.05) is 19.2 Å². The lowest BCUT2D eigenvalue weighted by Crippen LogP contribution is -2.43. The van der Waals surface area contributed by atoms with Crippen molar-refractivity contribution in [3.05, 3.63) is 22.2 Å². The Kier molecular flexibility index (Phi) is 4.05. The third-order valence-electron chi connectivity index (χ3n) is 2.91. The molecule has 0 bridgehead atoms. The minimum absolute atomic E-state index is 0.0808. The zero-order chi connectivity index (χ0) is 15.6. The first kappa shape index (κ1) is 15.1. The standard InChI is InChI=1S/C12H17N5O4/c1-12(18,7-16(2)3)6-13-8-4-5-9(17(19)20)11-10(8)14-21-15-11/h4-5,13,18H,6-7H2,1-3H3. The average Bonchev–Trinajstić information content (AvgIpc) is 2.83. The van der Waals surface area contributed by atoms with Crippen molar-refractivity contribution < 1.29 is 14.7 Å². The van der Waals surface area contributed by atoms with Crippen LogP contribution in [0.1, 0.15) is 6.92 Å². The quantitative estimate of drug-likeness (QED) is 0.595. The zero-order valence-corrected chi connectivity index (χ0v) is 12.0. The number of hydrogen-bond donors (Lipinski definition) is 2. The summed E-state index contributed by atoms with van der Waals surface area (Å²) in [5.41, 5.74) is -0.260. The van der Waals surface area contributed by atoms with Crippen LogP contribution in [0.3, 0.4) is 0 Å². The highest BCUT2D eigenvalue weighted by Crippen LogP contribution is 2.28. The van der Waals surface area contributed by atoms with Gasteiger partial charge in [-0.2, -0.15) is 0 Å². The van der Waals surface area contributed by atoms with E-state index in [0.29, 0.717) is 12.2 Å². The summed E-state index contributed by atoms with van der Waals surface area (Å²) >= 11 is 0. The van der Waals surface area contributed by atoms with Gasteiger partial charge in [0.05, 0.1) is 16.2 Å². The number of nitrogens with zero attached hydrogens (tertiary/aromatic N) is 4. The molecule has 0 fully saturated rings. The first-order valence-corrected chi connectivity index (χ1v) is 6.31. The van der Waals surface area contributed by atoms with E-state index in [2.05, 4.69) is 20.3 Å². The summed E-state index contributed by atoms with van der Waals surface area (Å²) in [6.07, 6.45) is 0. The van der Waals surface area contributed by atoms with Gasteiger partial charge < -0.3 is 15.3 Å². The Balaban J connectivity index is 2.22. The number of anilines is 1. The smallest absolute Gasteiger partial charge is 0.300 e. The van der Waals surface area contributed by atoms with Gasteiger partial charge in [-0.1, -0.05) is 0 Å². The Labute approximate surface area is 120 Å². The second kappa shape index (κ2) is 5.62. The van der Waals surface area contributed by atoms with E-state index in [1.165, 1.54) is 12.1 Å². The van der Waals surface area contributed by atoms with E-state index < -0.39 is 10.5 Å². The van der Waals surface area contributed by atoms with Gasteiger partial charge in [-0.25, -0.2) is 4.63 Å². The second-order valence-electron chi connectivity index (χ2n) is 5.44. The monoisotopic (exact) mass is 295 g/mol. The molecule has 1 aromatic carbocycles. The maximum atomic E-state index is 10.9. The van der Waals surface area contributed by atoms with E-state index in [-0.39, 0.29) is 23.3 Å². The molecular weight excluding hydrogens is 278 g/mol. The van der Waals surface area contributed by atoms with Gasteiger partial charge in [0.25, 0.3) is 0 Å². The molecule has 1 atom stereocenters. The van der Waals surface area contributed by atoms with Gasteiger partial charge in [0.15, 0.2) is 5.52 Å². The Morgan fingerprint density at radius 1 is 1.43 bits per heavy atom. The minimum atomic E-state index is -0.964. The predicted molar refractivity (Wildman–Crippen MR) is 76.1 cm³/mol. The number of rotatable bonds is 6. The van der Waals surface area contributed by atoms with Crippen molar-refractivity contribution in [3.8, 4) is 0 Å². The molecule has 0 spiro atoms. The van der Waals surface area contributed by atoms with Crippen molar-refractivity contribution in [2.75, 3.05) is 32.5 Å². The summed E-state index contributed by atoms with van der Waals surface area (Å²) in [5, 5.41) is 31.4. The molecule has 9 heteroatoms. The number of fused-ring (bicyclic) bond motifs is 1. The summed E-state index contributed by atoms with van der Waals surface area (Å²) in [4.78, 5) is 12.2. The molecular formula is C12H17N5O4. The van der Waals surface area contributed by atoms with E-state index in [9.17, 15) is 15.2 Å². The molecule has 0 aliphatic rings. The van der Waals surface area contributed by atoms with Crippen molar-refractivity contribution in [3.63, 3.8) is 0 Å². The highest BCUT2D eigenvalue weighted by atomic mass is 16.6. The molecule has 0 aliphatic heterocycles. The molecule has 21 heavy (non-hydrogen) atoms. The van der Waals surface area contributed by atoms with Crippen LogP contribution in [0, 0.1) is 10.1 Å². The lowest BCUT2D eigenvalue weighted by atomic mass is 10.1. The number of non-ortho nitro benzene ring substituents is 1. The van der Waals surface area contributed by atoms with E-state index in [1.54, 1.807) is 6.92 Å². The first-order chi connectivity index (χ1) is 9.80. The third-order valence-corrected chi connectivity index (χ3v) is 2.91. The number of benzene rings is 1. The topological polar surface area (TPSA) is 118 Å². The predicted octanol–water partition coefficient (Wildman–Crippen LogP) is 0.855. The highest BCUT2D eigenvalue weighted by Gasteiger charge is 2.23. The molecule has 0 saturated heterocycles. The highest BCUT2D eigenvalue weighted by molar-refractivity contribution is 5.93. The molecule has 1 aromatic heterocycles. The Hall–Kier alpha value is -2.26. The first-order valence-electron chi connectivity index (χ1n) is 6.31. The fourth-order valence-corrected chi connectivity index (χ4v) is 2.17. The number of nitro groups is 1. The molecule has 0 aliphatic carbocycles. The van der Waals surface area contributed by atoms with Crippen molar-refractivity contribution in [2.45, 2.75) is 12.5 Å². The average molecular weight is 295 g/mol. The number of nitrogens with one attached hydrogen (secondary N) is 1. The van der Waals surface area contributed by atoms with E-state index >= 15 is 0 Å². The summed E-state index contributed by atoms with van der Waals surface area (Å²) in [5.74, 6) is 0. The molecule has 2 N–H and O–H groups in total. The summed E-state index contributed by atoms with van der Waals surface area (Å²) in [6.45, 7) is 2.42. The largest absolute Gasteiger partial charge is 0.387 e. The molecule has 1 heterocycles. The Morgan fingerprint density at radius 2 is 2.10 bits per heavy atom. The lowest BCUT2D eigenvalue weighted by Gasteiger charge is -2.27. The molecule has 9 nitrogen and oxygen atoms in total. The fraction of sp³-hybridized carbons (Fsp3) is 0.500. The van der Waals surface area contributed by atoms with Crippen LogP contribution in [-0.2, 0) is 0 Å². The normalized spacial score (nSPS) is 14.3. The zero-order valence-electron chi connectivity index (χ0n) is 12.0. The molecule has 0 radical (unpaired) electrons. The van der Waals surface area contributed by atoms with Gasteiger partial charge in [-0.3, -0.25) is 10.1 Å². The van der Waals surface area contributed by atoms with Gasteiger partial charge >= 0.3 is 5.69 Å². The maximum Gasteiger partial charge on any atom is 0.300 e. The fourth-order valence-electron chi connectivity index (χ4n) is 2.17. The number of likely N-dealkylation sites (N-methyl/N-ethyl adjacent to an activating group) is 1. The van der Waals surface area contributed by atoms with Crippen molar-refractivity contribution >= 4 is 22.4 Å². The van der Waals surface area contributed by atoms with Crippen LogP contribution in [0.2, 0.25) is 0 Å². The summed E-state index contributed by atoms with van der Waals surface area (Å²) < 4.78 is 4.58. The second-order valence-corrected chi connectivity index (χ2v) is 5.44. The van der Waals surface area contributed by atoms with Crippen LogP contribution in [-0.4, -0.2) is 58.0 Å². The van der Waals surface area contributed by atoms with Gasteiger partial charge in [-0.05, 0) is 37.4 Å². The van der Waals surface area contributed by atoms with Crippen LogP contribution in [0.5, 0.6) is 0 Å². The summed E-state index contributed by atoms with van der Waals surface area (Å²) in [7, 11) is 3.72. The molecule has 0 amide bonds. The minimum Gasteiger partial charge on any atom is -0.387 e. The summed E-state index contributed by atoms with van der Waals surface area (Å²) in [6, 6.07) is 2.85. The number of aliphatic hydroxyl groups is 1. The Morgan fingerprint density at radius 3 is 2.71 bits per heavy atom. The number of nitro benzene ring substituents is 1. The van der Waals surface area contributed by atoms with Gasteiger partial charge in [-0.15, -0.1) is 0 Å². The molecule has 114 valence electrons. The Bertz CT molecular complexity index is 652. The van der Waals surface area contributed by atoms with Crippen LogP contribution in [0.15, 0.2) is 16.8 Å². The lowest BCUT2D eigenvalue weighted by molar-refractivity contribution is -0.383. The van der Waals surface area contributed by atoms with E-state index in [4.69, 9.17) is 0 Å². The van der Waals surface area contributed by atoms with Crippen molar-refractivity contribution in [1.29, 1.82) is 0 Å². The molecule has 2 aromatic rings. The molecule has 0 saturated carbocycles. The van der Waals surface area contributed by atoms with E-state index in [1.807, 2.05) is 19.0 Å². The number of aromatic nitrogens is 2. The van der Waals surface area contributed by atoms with Crippen LogP contribution in [0.4, 0.5) is 11.4 Å². The number of hydrogen-bond acceptors (Lipinski definition) is 8. The van der Waals surface area contributed by atoms with Crippen LogP contribution >= 0.6 is 0 Å². The van der Waals surface area contributed by atoms with Crippen molar-refractivity contribution in [2.24, 2.45) is 0 Å². The van der Waals surface area contributed by atoms with Gasteiger partial charge in [0.2, 0.25) is 5.52 Å². The molecule has 2 rings (SSSR count). The van der Waals surface area contributed by atoms with Gasteiger partial charge in [0.1, 0.15) is 0 Å². The third kappa shape index (κ3) is 3.44. The van der Waals surface area contributed by atoms with E-state index in [0.717, 1.165) is 0 Å².